The maximum Gasteiger partial charge on any atom is 0.417 e. The number of fused-ring (bicyclic) bond motifs is 6. The van der Waals surface area contributed by atoms with Crippen LogP contribution < -0.4 is 0 Å². The molecule has 0 amide bonds. The minimum Gasteiger partial charge on any atom is -0.309 e. The molecule has 0 aliphatic rings. The molecule has 0 fully saturated rings. The summed E-state index contributed by atoms with van der Waals surface area (Å²) in [4.78, 5) is 0. The summed E-state index contributed by atoms with van der Waals surface area (Å²) in [5.74, 6) is 0. The van der Waals surface area contributed by atoms with Crippen molar-refractivity contribution in [3.63, 3.8) is 0 Å². The molecule has 0 aliphatic carbocycles. The number of hydrogen-bond donors (Lipinski definition) is 0. The number of hydrogen-bond acceptors (Lipinski definition) is 14. The highest BCUT2D eigenvalue weighted by Crippen LogP contribution is 2.48. The number of alkyl halides is 3. The molecule has 0 atom stereocenters. The summed E-state index contributed by atoms with van der Waals surface area (Å²) < 4.78 is 50.2. The molecule has 100 heavy (non-hydrogen) atoms. The van der Waals surface area contributed by atoms with Gasteiger partial charge in [0.25, 0.3) is 0 Å². The van der Waals surface area contributed by atoms with Gasteiger partial charge in [-0.25, -0.2) is 0 Å². The highest BCUT2D eigenvalue weighted by atomic mass is 19.4. The van der Waals surface area contributed by atoms with Crippen LogP contribution in [0, 0.1) is 159 Å². The summed E-state index contributed by atoms with van der Waals surface area (Å²) in [6.45, 7) is 0. The fourth-order valence-electron chi connectivity index (χ4n) is 13.3. The van der Waals surface area contributed by atoms with Crippen LogP contribution in [0.4, 0.5) is 13.2 Å². The van der Waals surface area contributed by atoms with E-state index in [1.54, 1.807) is 106 Å². The monoisotopic (exact) mass is 1280 g/mol. The van der Waals surface area contributed by atoms with E-state index in [2.05, 4.69) is 54.6 Å². The van der Waals surface area contributed by atoms with Gasteiger partial charge in [-0.15, -0.1) is 0 Å². The minimum atomic E-state index is -5.02. The van der Waals surface area contributed by atoms with Crippen molar-refractivity contribution in [3.8, 4) is 163 Å². The van der Waals surface area contributed by atoms with Crippen molar-refractivity contribution in [2.75, 3.05) is 0 Å². The Morgan fingerprint density at radius 1 is 0.240 bits per heavy atom. The van der Waals surface area contributed by atoms with Gasteiger partial charge in [0.15, 0.2) is 0 Å². The summed E-state index contributed by atoms with van der Waals surface area (Å²) in [7, 11) is 0. The molecule has 0 unspecified atom stereocenters. The van der Waals surface area contributed by atoms with Gasteiger partial charge in [0, 0.05) is 54.9 Å². The second-order valence-corrected chi connectivity index (χ2v) is 22.6. The number of benzene rings is 11. The number of nitriles is 14. The molecule has 13 rings (SSSR count). The van der Waals surface area contributed by atoms with E-state index in [1.807, 2.05) is 24.3 Å². The summed E-state index contributed by atoms with van der Waals surface area (Å²) in [5, 5.41) is 147. The SMILES string of the molecule is N#Cc1cc(C#N)c(-c2ccc3c(c2)c2cc(-c4c(C#N)cc(C#N)cc4C#N)ccc2n3-c2ccc(-c3ccc(C#N)cc3C(F)(F)F)cc2-c2c(C#N)cccc2-n2c3ccc(-c4c(C#N)cc(C#N)cc4C#N)cc3c3cc(-c4c(C#N)cc(C#N)cc4C#N)ccc32)c(C#N)c1. The minimum absolute atomic E-state index is 0.000312. The van der Waals surface area contributed by atoms with Gasteiger partial charge < -0.3 is 9.13 Å². The predicted molar refractivity (Wildman–Crippen MR) is 359 cm³/mol. The second-order valence-electron chi connectivity index (χ2n) is 22.6. The topological polar surface area (TPSA) is 343 Å². The molecule has 16 nitrogen and oxygen atoms in total. The van der Waals surface area contributed by atoms with Crippen LogP contribution >= 0.6 is 0 Å². The van der Waals surface area contributed by atoms with Gasteiger partial charge in [-0.05, 0) is 167 Å². The van der Waals surface area contributed by atoms with Crippen LogP contribution in [0.5, 0.6) is 0 Å². The first-order chi connectivity index (χ1) is 48.6. The van der Waals surface area contributed by atoms with Gasteiger partial charge in [-0.3, -0.25) is 0 Å². The van der Waals surface area contributed by atoms with E-state index in [-0.39, 0.29) is 134 Å². The molecule has 0 aliphatic heterocycles. The van der Waals surface area contributed by atoms with Gasteiger partial charge >= 0.3 is 6.18 Å². The number of aromatic nitrogens is 2. The standard InChI is InChI=1S/C81H29F3N16/c82-81(83,84)69-24-44(30-85)4-10-63(69)49-5-11-74(99-70-12-6-50(76-55(36-91)16-45(31-86)17-56(76)37-92)26-64(70)65-27-51(7-13-71(65)99)77-57(38-93)18-46(32-87)19-58(77)39-94)68(25-49)80-54(35-90)2-1-3-75(80)100-72-14-8-52(78-59(40-95)20-47(33-88)21-60(78)41-96)28-66(72)67-29-53(9-15-73(67)100)79-61(42-97)22-48(34-89)23-62(79)43-98/h1-29H. The largest absolute Gasteiger partial charge is 0.417 e. The lowest BCUT2D eigenvalue weighted by atomic mass is 9.90. The van der Waals surface area contributed by atoms with E-state index in [4.69, 9.17) is 0 Å². The fraction of sp³-hybridized carbons (Fsp3) is 0.0123. The summed E-state index contributed by atoms with van der Waals surface area (Å²) in [5.41, 5.74) is 2.88. The van der Waals surface area contributed by atoms with Gasteiger partial charge in [-0.2, -0.15) is 86.8 Å². The molecular weight excluding hydrogens is 1250 g/mol. The summed E-state index contributed by atoms with van der Waals surface area (Å²) in [6.07, 6.45) is -5.02. The molecular formula is C81H29F3N16. The Kier molecular flexibility index (Phi) is 15.4. The first-order valence-corrected chi connectivity index (χ1v) is 29.6. The first-order valence-electron chi connectivity index (χ1n) is 29.6. The summed E-state index contributed by atoms with van der Waals surface area (Å²) >= 11 is 0. The van der Waals surface area contributed by atoms with E-state index in [0.29, 0.717) is 65.9 Å². The number of rotatable bonds is 8. The van der Waals surface area contributed by atoms with Gasteiger partial charge in [0.05, 0.1) is 202 Å². The normalized spacial score (nSPS) is 10.6. The van der Waals surface area contributed by atoms with Crippen LogP contribution in [0.3, 0.4) is 0 Å². The van der Waals surface area contributed by atoms with Crippen molar-refractivity contribution in [1.29, 1.82) is 73.7 Å². The van der Waals surface area contributed by atoms with E-state index >= 15 is 13.2 Å². The zero-order valence-electron chi connectivity index (χ0n) is 51.0. The zero-order chi connectivity index (χ0) is 70.4. The quantitative estimate of drug-likeness (QED) is 0.136. The van der Waals surface area contributed by atoms with E-state index in [1.165, 1.54) is 78.9 Å². The van der Waals surface area contributed by atoms with Crippen molar-refractivity contribution in [3.05, 3.63) is 259 Å². The molecule has 0 spiro atoms. The molecule has 11 aromatic carbocycles. The van der Waals surface area contributed by atoms with Crippen LogP contribution in [-0.2, 0) is 6.18 Å². The van der Waals surface area contributed by atoms with E-state index in [9.17, 15) is 73.7 Å². The Morgan fingerprint density at radius 3 is 0.850 bits per heavy atom. The van der Waals surface area contributed by atoms with Crippen molar-refractivity contribution in [1.82, 2.24) is 9.13 Å². The lowest BCUT2D eigenvalue weighted by molar-refractivity contribution is -0.137. The molecule has 0 N–H and O–H groups in total. The average molecular weight is 1280 g/mol. The molecule has 13 aromatic rings. The number of nitrogens with zero attached hydrogens (tertiary/aromatic N) is 16. The maximum atomic E-state index is 15.5. The Labute approximate surface area is 565 Å². The smallest absolute Gasteiger partial charge is 0.309 e. The third-order valence-electron chi connectivity index (χ3n) is 17.4. The third-order valence-corrected chi connectivity index (χ3v) is 17.4. The average Bonchev–Trinajstić information content (AvgIpc) is 1.56. The number of halogens is 3. The Hall–Kier alpha value is -16.3. The lowest BCUT2D eigenvalue weighted by Gasteiger charge is -2.21. The molecule has 0 radical (unpaired) electrons. The van der Waals surface area contributed by atoms with E-state index < -0.39 is 11.7 Å². The molecule has 0 bridgehead atoms. The molecule has 2 aromatic heterocycles. The van der Waals surface area contributed by atoms with Gasteiger partial charge in [0.1, 0.15) is 0 Å². The summed E-state index contributed by atoms with van der Waals surface area (Å²) in [6, 6.07) is 72.6. The highest BCUT2D eigenvalue weighted by Gasteiger charge is 2.35. The highest BCUT2D eigenvalue weighted by molar-refractivity contribution is 6.15. The maximum absolute atomic E-state index is 15.5. The Morgan fingerprint density at radius 2 is 0.550 bits per heavy atom. The Bertz CT molecular complexity index is 6150. The van der Waals surface area contributed by atoms with Crippen molar-refractivity contribution < 1.29 is 13.2 Å². The first kappa shape index (κ1) is 62.5. The van der Waals surface area contributed by atoms with Crippen LogP contribution in [0.2, 0.25) is 0 Å². The van der Waals surface area contributed by atoms with Crippen molar-refractivity contribution >= 4 is 43.6 Å². The molecule has 2 heterocycles. The fourth-order valence-corrected chi connectivity index (χ4v) is 13.3. The van der Waals surface area contributed by atoms with Crippen molar-refractivity contribution in [2.24, 2.45) is 0 Å². The molecule has 19 heteroatoms. The van der Waals surface area contributed by atoms with Crippen molar-refractivity contribution in [2.45, 2.75) is 6.18 Å². The van der Waals surface area contributed by atoms with E-state index in [0.717, 1.165) is 6.07 Å². The molecule has 454 valence electrons. The molecule has 0 saturated carbocycles. The van der Waals surface area contributed by atoms with Crippen LogP contribution in [0.25, 0.3) is 122 Å². The van der Waals surface area contributed by atoms with Gasteiger partial charge in [0.2, 0.25) is 0 Å². The predicted octanol–water partition coefficient (Wildman–Crippen LogP) is 17.1. The van der Waals surface area contributed by atoms with Crippen LogP contribution in [0.15, 0.2) is 176 Å². The van der Waals surface area contributed by atoms with Crippen LogP contribution in [0.1, 0.15) is 83.5 Å². The molecule has 0 saturated heterocycles. The zero-order valence-corrected chi connectivity index (χ0v) is 51.0. The second kappa shape index (κ2) is 24.6. The lowest BCUT2D eigenvalue weighted by Crippen LogP contribution is -2.08. The van der Waals surface area contributed by atoms with Gasteiger partial charge in [-0.1, -0.05) is 42.5 Å². The third kappa shape index (κ3) is 10.1. The van der Waals surface area contributed by atoms with Crippen LogP contribution in [-0.4, -0.2) is 9.13 Å². The Balaban J connectivity index is 1.18.